The van der Waals surface area contributed by atoms with Gasteiger partial charge in [0, 0.05) is 31.3 Å². The van der Waals surface area contributed by atoms with Crippen molar-refractivity contribution in [2.75, 3.05) is 6.54 Å². The number of likely N-dealkylation sites (tertiary alicyclic amines) is 1. The summed E-state index contributed by atoms with van der Waals surface area (Å²) in [5, 5.41) is 21.4. The van der Waals surface area contributed by atoms with E-state index in [9.17, 15) is 19.1 Å². The number of aromatic nitrogens is 4. The van der Waals surface area contributed by atoms with Gasteiger partial charge in [-0.25, -0.2) is 9.07 Å². The highest BCUT2D eigenvalue weighted by Crippen LogP contribution is 2.40. The normalized spacial score (nSPS) is 21.8. The lowest BCUT2D eigenvalue weighted by molar-refractivity contribution is -0.144. The molecule has 1 saturated heterocycles. The van der Waals surface area contributed by atoms with E-state index in [1.165, 1.54) is 11.1 Å². The van der Waals surface area contributed by atoms with Crippen LogP contribution in [-0.4, -0.2) is 60.5 Å². The highest BCUT2D eigenvalue weighted by molar-refractivity contribution is 5.90. The molecule has 0 unspecified atom stereocenters. The first-order valence-corrected chi connectivity index (χ1v) is 11.3. The zero-order chi connectivity index (χ0) is 23.9. The first kappa shape index (κ1) is 23.3. The van der Waals surface area contributed by atoms with Crippen LogP contribution in [0.2, 0.25) is 0 Å². The minimum absolute atomic E-state index is 0.0464. The largest absolute Gasteiger partial charge is 0.391 e. The van der Waals surface area contributed by atoms with Crippen molar-refractivity contribution in [3.63, 3.8) is 0 Å². The number of carbonyl (C=O) groups excluding carboxylic acids is 2. The van der Waals surface area contributed by atoms with E-state index >= 15 is 0 Å². The second-order valence-corrected chi connectivity index (χ2v) is 10.2. The van der Waals surface area contributed by atoms with Gasteiger partial charge in [0.2, 0.25) is 11.8 Å². The first-order chi connectivity index (χ1) is 15.6. The van der Waals surface area contributed by atoms with E-state index in [1.807, 2.05) is 27.0 Å². The second kappa shape index (κ2) is 8.81. The van der Waals surface area contributed by atoms with Crippen LogP contribution in [0.4, 0.5) is 4.39 Å². The van der Waals surface area contributed by atoms with Gasteiger partial charge in [0.25, 0.3) is 0 Å². The van der Waals surface area contributed by atoms with Crippen LogP contribution in [0.25, 0.3) is 0 Å². The molecular weight excluding hydrogens is 427 g/mol. The molecule has 1 saturated carbocycles. The number of hydrogen-bond acceptors (Lipinski definition) is 6. The first-order valence-electron chi connectivity index (χ1n) is 11.3. The maximum absolute atomic E-state index is 14.3. The number of rotatable bonds is 6. The van der Waals surface area contributed by atoms with E-state index < -0.39 is 35.3 Å². The van der Waals surface area contributed by atoms with E-state index in [-0.39, 0.29) is 31.1 Å². The second-order valence-electron chi connectivity index (χ2n) is 10.2. The molecule has 0 radical (unpaired) electrons. The number of nitrogens with one attached hydrogen (secondary N) is 1. The lowest BCUT2D eigenvalue weighted by Gasteiger charge is -2.34. The molecule has 2 fully saturated rings. The summed E-state index contributed by atoms with van der Waals surface area (Å²) in [5.41, 5.74) is 0.936. The van der Waals surface area contributed by atoms with Crippen LogP contribution < -0.4 is 5.32 Å². The lowest BCUT2D eigenvalue weighted by atomic mass is 9.85. The van der Waals surface area contributed by atoms with Crippen LogP contribution in [0, 0.1) is 18.2 Å². The quantitative estimate of drug-likeness (QED) is 0.683. The molecular formula is C23H31FN6O3. The number of carbonyl (C=O) groups is 2. The van der Waals surface area contributed by atoms with Crippen LogP contribution in [0.3, 0.4) is 0 Å². The summed E-state index contributed by atoms with van der Waals surface area (Å²) in [6.07, 6.45) is 4.74. The summed E-state index contributed by atoms with van der Waals surface area (Å²) in [5.74, 6) is -0.821. The van der Waals surface area contributed by atoms with Crippen LogP contribution in [0.15, 0.2) is 18.5 Å². The Morgan fingerprint density at radius 2 is 2.06 bits per heavy atom. The highest BCUT2D eigenvalue weighted by atomic mass is 19.1. The molecule has 1 aliphatic carbocycles. The number of amides is 2. The Balaban J connectivity index is 1.52. The fraction of sp³-hybridized carbons (Fsp3) is 0.609. The summed E-state index contributed by atoms with van der Waals surface area (Å²) in [6, 6.07) is 0.00502. The average Bonchev–Trinajstić information content (AvgIpc) is 3.35. The molecule has 3 heterocycles. The van der Waals surface area contributed by atoms with Crippen LogP contribution in [0.1, 0.15) is 68.9 Å². The number of aryl methyl sites for hydroxylation is 1. The molecule has 33 heavy (non-hydrogen) atoms. The lowest BCUT2D eigenvalue weighted by Crippen LogP contribution is -2.50. The Bertz CT molecular complexity index is 1050. The minimum Gasteiger partial charge on any atom is -0.391 e. The summed E-state index contributed by atoms with van der Waals surface area (Å²) < 4.78 is 15.8. The number of aliphatic hydroxyl groups is 1. The Morgan fingerprint density at radius 1 is 1.33 bits per heavy atom. The van der Waals surface area contributed by atoms with Gasteiger partial charge < -0.3 is 15.3 Å². The number of aliphatic hydroxyl groups excluding tert-OH is 1. The van der Waals surface area contributed by atoms with Gasteiger partial charge in [-0.05, 0) is 36.8 Å². The van der Waals surface area contributed by atoms with Gasteiger partial charge in [0.15, 0.2) is 0 Å². The molecule has 2 aromatic rings. The third kappa shape index (κ3) is 4.90. The van der Waals surface area contributed by atoms with E-state index in [1.54, 1.807) is 17.7 Å². The van der Waals surface area contributed by atoms with Crippen molar-refractivity contribution in [2.24, 2.45) is 5.41 Å². The molecule has 0 spiro atoms. The molecule has 2 N–H and O–H groups in total. The molecule has 1 aliphatic heterocycles. The van der Waals surface area contributed by atoms with E-state index in [0.717, 1.165) is 18.5 Å². The summed E-state index contributed by atoms with van der Waals surface area (Å²) in [4.78, 5) is 32.1. The molecule has 2 aromatic heterocycles. The Morgan fingerprint density at radius 3 is 2.73 bits per heavy atom. The van der Waals surface area contributed by atoms with E-state index in [4.69, 9.17) is 0 Å². The average molecular weight is 459 g/mol. The van der Waals surface area contributed by atoms with Gasteiger partial charge in [-0.2, -0.15) is 0 Å². The summed E-state index contributed by atoms with van der Waals surface area (Å²) in [7, 11) is 0. The van der Waals surface area contributed by atoms with Gasteiger partial charge in [0.05, 0.1) is 24.0 Å². The number of hydrogen-bond donors (Lipinski definition) is 2. The van der Waals surface area contributed by atoms with E-state index in [0.29, 0.717) is 11.5 Å². The van der Waals surface area contributed by atoms with Gasteiger partial charge in [0.1, 0.15) is 17.9 Å². The smallest absolute Gasteiger partial charge is 0.248 e. The van der Waals surface area contributed by atoms with Crippen molar-refractivity contribution >= 4 is 11.8 Å². The number of pyridine rings is 1. The van der Waals surface area contributed by atoms with Crippen molar-refractivity contribution in [3.8, 4) is 0 Å². The van der Waals surface area contributed by atoms with Crippen molar-refractivity contribution in [1.29, 1.82) is 0 Å². The van der Waals surface area contributed by atoms with Crippen molar-refractivity contribution in [2.45, 2.75) is 77.6 Å². The summed E-state index contributed by atoms with van der Waals surface area (Å²) >= 11 is 0. The molecule has 178 valence electrons. The molecule has 0 aromatic carbocycles. The van der Waals surface area contributed by atoms with Crippen molar-refractivity contribution in [3.05, 3.63) is 41.2 Å². The Hall–Kier alpha value is -2.88. The zero-order valence-corrected chi connectivity index (χ0v) is 19.5. The third-order valence-electron chi connectivity index (χ3n) is 6.29. The summed E-state index contributed by atoms with van der Waals surface area (Å²) in [6.45, 7) is 7.37. The van der Waals surface area contributed by atoms with Gasteiger partial charge in [-0.3, -0.25) is 14.6 Å². The predicted octanol–water partition coefficient (Wildman–Crippen LogP) is 1.86. The molecule has 0 bridgehead atoms. The Kier molecular flexibility index (Phi) is 6.22. The topological polar surface area (TPSA) is 113 Å². The monoisotopic (exact) mass is 458 g/mol. The van der Waals surface area contributed by atoms with E-state index in [2.05, 4.69) is 20.6 Å². The van der Waals surface area contributed by atoms with Crippen molar-refractivity contribution < 1.29 is 19.1 Å². The van der Waals surface area contributed by atoms with Crippen molar-refractivity contribution in [1.82, 2.24) is 30.2 Å². The molecule has 2 aliphatic rings. The highest BCUT2D eigenvalue weighted by Gasteiger charge is 2.45. The maximum Gasteiger partial charge on any atom is 0.248 e. The number of β-amino-alcohol motifs (C(OH)–C–C–N with tert-alkyl or cyclic N) is 1. The number of halogens is 1. The fourth-order valence-electron chi connectivity index (χ4n) is 4.33. The predicted molar refractivity (Wildman–Crippen MR) is 117 cm³/mol. The van der Waals surface area contributed by atoms with Crippen LogP contribution >= 0.6 is 0 Å². The molecule has 4 rings (SSSR count). The number of nitrogens with zero attached hydrogens (tertiary/aromatic N) is 5. The SMILES string of the molecule is Cc1ccnc(CNC(=O)[C@@H]2C[C@@H](O)CN2C(=O)[C@@H](n2cc(C3CC3)nn2)C(C)(C)C)c1F. The third-order valence-corrected chi connectivity index (χ3v) is 6.29. The Labute approximate surface area is 192 Å². The van der Waals surface area contributed by atoms with Crippen LogP contribution in [0.5, 0.6) is 0 Å². The fourth-order valence-corrected chi connectivity index (χ4v) is 4.33. The molecule has 10 heteroatoms. The van der Waals surface area contributed by atoms with Crippen LogP contribution in [-0.2, 0) is 16.1 Å². The maximum atomic E-state index is 14.3. The molecule has 2 amide bonds. The van der Waals surface area contributed by atoms with Gasteiger partial charge in [-0.15, -0.1) is 5.10 Å². The van der Waals surface area contributed by atoms with Gasteiger partial charge in [-0.1, -0.05) is 26.0 Å². The molecule has 9 nitrogen and oxygen atoms in total. The zero-order valence-electron chi connectivity index (χ0n) is 19.5. The minimum atomic E-state index is -0.864. The van der Waals surface area contributed by atoms with Gasteiger partial charge >= 0.3 is 0 Å². The standard InChI is InChI=1S/C23H31FN6O3/c1-13-7-8-25-16(19(13)24)10-26-21(32)18-9-15(31)11-29(18)22(33)20(23(2,3)4)30-12-17(27-28-30)14-5-6-14/h7-8,12,14-15,18,20,31H,5-6,9-11H2,1-4H3,(H,26,32)/t15-,18+,20-/m1/s1. The molecule has 3 atom stereocenters.